The van der Waals surface area contributed by atoms with Crippen LogP contribution >= 0.6 is 0 Å². The molecule has 60 valence electrons. The maximum Gasteiger partial charge on any atom is 0.0783 e. The van der Waals surface area contributed by atoms with Gasteiger partial charge in [-0.1, -0.05) is 0 Å². The van der Waals surface area contributed by atoms with E-state index in [-0.39, 0.29) is 0 Å². The van der Waals surface area contributed by atoms with Crippen molar-refractivity contribution in [2.75, 3.05) is 27.2 Å². The van der Waals surface area contributed by atoms with Crippen LogP contribution in [0.4, 0.5) is 0 Å². The maximum absolute atomic E-state index is 10.8. The van der Waals surface area contributed by atoms with Crippen molar-refractivity contribution in [2.45, 2.75) is 18.9 Å². The third-order valence-electron chi connectivity index (χ3n) is 2.24. The number of piperidine rings is 1. The lowest BCUT2D eigenvalue weighted by Gasteiger charge is -2.34. The molecule has 1 saturated heterocycles. The smallest absolute Gasteiger partial charge is 0.0783 e. The highest BCUT2D eigenvalue weighted by atomic mass is 16.5. The van der Waals surface area contributed by atoms with E-state index < -0.39 is 0 Å². The molecule has 0 aliphatic carbocycles. The van der Waals surface area contributed by atoms with Crippen LogP contribution in [-0.2, 0) is 0 Å². The lowest BCUT2D eigenvalue weighted by atomic mass is 10.1. The second-order valence-electron chi connectivity index (χ2n) is 3.23. The predicted molar refractivity (Wildman–Crippen MR) is 40.8 cm³/mol. The highest BCUT2D eigenvalue weighted by Crippen LogP contribution is 2.04. The molecule has 0 atom stereocenters. The molecular formula is C7H16N2O. The van der Waals surface area contributed by atoms with Crippen molar-refractivity contribution in [3.8, 4) is 0 Å². The van der Waals surface area contributed by atoms with Crippen LogP contribution < -0.4 is 5.06 Å². The van der Waals surface area contributed by atoms with Crippen LogP contribution in [-0.4, -0.2) is 38.1 Å². The lowest BCUT2D eigenvalue weighted by Crippen LogP contribution is -3.08. The summed E-state index contributed by atoms with van der Waals surface area (Å²) in [5.74, 6) is 0. The molecule has 0 amide bonds. The minimum atomic E-state index is 0.443. The molecule has 1 N–H and O–H groups in total. The van der Waals surface area contributed by atoms with E-state index in [1.54, 1.807) is 0 Å². The Morgan fingerprint density at radius 1 is 1.30 bits per heavy atom. The Bertz CT molecular complexity index is 97.8. The van der Waals surface area contributed by atoms with Crippen molar-refractivity contribution in [1.29, 1.82) is 0 Å². The first-order chi connectivity index (χ1) is 4.70. The van der Waals surface area contributed by atoms with Gasteiger partial charge in [-0.25, -0.2) is 0 Å². The van der Waals surface area contributed by atoms with Crippen LogP contribution in [0.1, 0.15) is 12.8 Å². The number of hydrogen-bond donors (Lipinski definition) is 1. The number of quaternary nitrogens is 1. The number of hydroxylamine groups is 2. The second-order valence-corrected chi connectivity index (χ2v) is 3.23. The molecule has 0 aromatic heterocycles. The average Bonchev–Trinajstić information content (AvgIpc) is 1.88. The molecule has 0 aromatic rings. The Morgan fingerprint density at radius 3 is 2.20 bits per heavy atom. The third-order valence-corrected chi connectivity index (χ3v) is 2.24. The van der Waals surface area contributed by atoms with Crippen LogP contribution in [0.25, 0.3) is 0 Å². The van der Waals surface area contributed by atoms with E-state index in [1.807, 2.05) is 0 Å². The summed E-state index contributed by atoms with van der Waals surface area (Å²) >= 11 is 0. The summed E-state index contributed by atoms with van der Waals surface area (Å²) < 4.78 is 0. The molecule has 0 aromatic carbocycles. The zero-order valence-electron chi connectivity index (χ0n) is 6.76. The van der Waals surface area contributed by atoms with Gasteiger partial charge >= 0.3 is 0 Å². The van der Waals surface area contributed by atoms with Gasteiger partial charge in [-0.15, -0.1) is 0 Å². The highest BCUT2D eigenvalue weighted by Gasteiger charge is 2.18. The van der Waals surface area contributed by atoms with Crippen molar-refractivity contribution >= 4 is 0 Å². The van der Waals surface area contributed by atoms with Crippen LogP contribution in [0.5, 0.6) is 0 Å². The summed E-state index contributed by atoms with van der Waals surface area (Å²) in [7, 11) is 4.17. The number of hydrogen-bond acceptors (Lipinski definition) is 2. The Kier molecular flexibility index (Phi) is 2.65. The summed E-state index contributed by atoms with van der Waals surface area (Å²) in [6, 6.07) is 0.651. The normalized spacial score (nSPS) is 34.8. The number of rotatable bonds is 1. The second kappa shape index (κ2) is 3.32. The molecule has 0 saturated carbocycles. The van der Waals surface area contributed by atoms with Crippen molar-refractivity contribution in [1.82, 2.24) is 4.90 Å². The fraction of sp³-hybridized carbons (Fsp3) is 1.00. The summed E-state index contributed by atoms with van der Waals surface area (Å²) in [5, 5.41) is 11.3. The van der Waals surface area contributed by atoms with Crippen molar-refractivity contribution < 1.29 is 5.06 Å². The molecule has 3 nitrogen and oxygen atoms in total. The van der Waals surface area contributed by atoms with Gasteiger partial charge in [0.15, 0.2) is 0 Å². The summed E-state index contributed by atoms with van der Waals surface area (Å²) in [4.78, 5) is 2.21. The SMILES string of the molecule is CN(C)C1CC[NH+]([O-])CC1. The van der Waals surface area contributed by atoms with Crippen molar-refractivity contribution in [3.05, 3.63) is 5.21 Å². The third kappa shape index (κ3) is 1.94. The van der Waals surface area contributed by atoms with E-state index in [4.69, 9.17) is 0 Å². The highest BCUT2D eigenvalue weighted by molar-refractivity contribution is 4.67. The monoisotopic (exact) mass is 144 g/mol. The van der Waals surface area contributed by atoms with E-state index in [0.717, 1.165) is 25.9 Å². The van der Waals surface area contributed by atoms with Gasteiger partial charge in [0.2, 0.25) is 0 Å². The molecule has 1 aliphatic rings. The van der Waals surface area contributed by atoms with Gasteiger partial charge in [-0.05, 0) is 14.1 Å². The quantitative estimate of drug-likeness (QED) is 0.483. The number of nitrogens with one attached hydrogen (secondary N) is 1. The van der Waals surface area contributed by atoms with Gasteiger partial charge in [0.1, 0.15) is 0 Å². The minimum Gasteiger partial charge on any atom is -0.634 e. The van der Waals surface area contributed by atoms with E-state index in [1.165, 1.54) is 0 Å². The molecule has 10 heavy (non-hydrogen) atoms. The minimum absolute atomic E-state index is 0.443. The summed E-state index contributed by atoms with van der Waals surface area (Å²) in [6.07, 6.45) is 2.12. The zero-order valence-corrected chi connectivity index (χ0v) is 6.76. The van der Waals surface area contributed by atoms with E-state index in [0.29, 0.717) is 11.1 Å². The Morgan fingerprint density at radius 2 is 1.80 bits per heavy atom. The summed E-state index contributed by atoms with van der Waals surface area (Å²) in [5.41, 5.74) is 0. The van der Waals surface area contributed by atoms with E-state index >= 15 is 0 Å². The van der Waals surface area contributed by atoms with E-state index in [2.05, 4.69) is 19.0 Å². The fourth-order valence-corrected chi connectivity index (χ4v) is 1.44. The lowest BCUT2D eigenvalue weighted by molar-refractivity contribution is -0.854. The maximum atomic E-state index is 10.8. The first-order valence-corrected chi connectivity index (χ1v) is 3.88. The molecule has 0 unspecified atom stereocenters. The van der Waals surface area contributed by atoms with Crippen LogP contribution in [0, 0.1) is 5.21 Å². The molecule has 1 rings (SSSR count). The summed E-state index contributed by atoms with van der Waals surface area (Å²) in [6.45, 7) is 1.59. The average molecular weight is 144 g/mol. The largest absolute Gasteiger partial charge is 0.634 e. The Hall–Kier alpha value is -0.120. The van der Waals surface area contributed by atoms with Gasteiger partial charge in [-0.3, -0.25) is 0 Å². The molecule has 0 spiro atoms. The number of nitrogens with zero attached hydrogens (tertiary/aromatic N) is 1. The van der Waals surface area contributed by atoms with Gasteiger partial charge in [-0.2, -0.15) is 0 Å². The molecule has 1 aliphatic heterocycles. The molecular weight excluding hydrogens is 128 g/mol. The van der Waals surface area contributed by atoms with Gasteiger partial charge in [0.05, 0.1) is 13.1 Å². The first kappa shape index (κ1) is 7.98. The van der Waals surface area contributed by atoms with Gasteiger partial charge in [0.25, 0.3) is 0 Å². The standard InChI is InChI=1S/C7H16N2O/c1-8(2)7-3-5-9(10)6-4-7/h7,9H,3-6H2,1-2H3. The topological polar surface area (TPSA) is 30.7 Å². The predicted octanol–water partition coefficient (Wildman–Crippen LogP) is -0.907. The Labute approximate surface area is 62.2 Å². The molecule has 0 bridgehead atoms. The molecule has 1 heterocycles. The molecule has 0 radical (unpaired) electrons. The molecule has 3 heteroatoms. The molecule has 1 fully saturated rings. The van der Waals surface area contributed by atoms with Crippen LogP contribution in [0.2, 0.25) is 0 Å². The zero-order chi connectivity index (χ0) is 7.56. The van der Waals surface area contributed by atoms with Crippen molar-refractivity contribution in [3.63, 3.8) is 0 Å². The van der Waals surface area contributed by atoms with E-state index in [9.17, 15) is 5.21 Å². The van der Waals surface area contributed by atoms with Gasteiger partial charge in [0, 0.05) is 18.9 Å². The van der Waals surface area contributed by atoms with Crippen molar-refractivity contribution in [2.24, 2.45) is 0 Å². The van der Waals surface area contributed by atoms with Crippen LogP contribution in [0.15, 0.2) is 0 Å². The Balaban J connectivity index is 2.26. The first-order valence-electron chi connectivity index (χ1n) is 3.88. The van der Waals surface area contributed by atoms with Gasteiger partial charge < -0.3 is 15.2 Å². The van der Waals surface area contributed by atoms with Crippen LogP contribution in [0.3, 0.4) is 0 Å². The fourth-order valence-electron chi connectivity index (χ4n) is 1.44.